The average Bonchev–Trinajstić information content (AvgIpc) is 3.28. The molecule has 0 bridgehead atoms. The molecule has 1 aliphatic rings. The van der Waals surface area contributed by atoms with Crippen LogP contribution in [0.3, 0.4) is 0 Å². The van der Waals surface area contributed by atoms with Crippen molar-refractivity contribution in [2.24, 2.45) is 5.92 Å². The van der Waals surface area contributed by atoms with Crippen LogP contribution in [0.2, 0.25) is 0 Å². The summed E-state index contributed by atoms with van der Waals surface area (Å²) in [5.41, 5.74) is 1.74. The van der Waals surface area contributed by atoms with Crippen LogP contribution in [-0.4, -0.2) is 47.0 Å². The van der Waals surface area contributed by atoms with E-state index in [4.69, 9.17) is 4.74 Å². The van der Waals surface area contributed by atoms with E-state index in [9.17, 15) is 4.79 Å². The van der Waals surface area contributed by atoms with Crippen LogP contribution < -0.4 is 15.0 Å². The van der Waals surface area contributed by atoms with Gasteiger partial charge in [0.25, 0.3) is 0 Å². The van der Waals surface area contributed by atoms with Gasteiger partial charge < -0.3 is 19.9 Å². The molecule has 2 aromatic heterocycles. The van der Waals surface area contributed by atoms with Crippen LogP contribution in [0.5, 0.6) is 5.75 Å². The molecule has 3 aromatic rings. The number of carbonyl (C=O) groups is 1. The van der Waals surface area contributed by atoms with Crippen LogP contribution in [0.25, 0.3) is 11.0 Å². The number of aromatic amines is 1. The Bertz CT molecular complexity index is 1000. The summed E-state index contributed by atoms with van der Waals surface area (Å²) in [6.07, 6.45) is 8.32. The minimum absolute atomic E-state index is 0.227. The number of H-pyrrole nitrogens is 1. The molecule has 1 aliphatic heterocycles. The highest BCUT2D eigenvalue weighted by atomic mass is 16.5. The van der Waals surface area contributed by atoms with E-state index in [0.717, 1.165) is 67.1 Å². The number of ketones is 1. The zero-order valence-electron chi connectivity index (χ0n) is 18.1. The van der Waals surface area contributed by atoms with Gasteiger partial charge in [0.05, 0.1) is 24.2 Å². The van der Waals surface area contributed by atoms with Crippen LogP contribution in [0.4, 0.5) is 11.5 Å². The Balaban J connectivity index is 1.32. The number of nitrogens with zero attached hydrogens (tertiary/aromatic N) is 3. The lowest BCUT2D eigenvalue weighted by molar-refractivity contribution is -0.118. The number of rotatable bonds is 10. The largest absolute Gasteiger partial charge is 0.491 e. The lowest BCUT2D eigenvalue weighted by Crippen LogP contribution is -2.37. The van der Waals surface area contributed by atoms with Gasteiger partial charge in [-0.2, -0.15) is 0 Å². The number of hydrogen-bond acceptors (Lipinski definition) is 6. The molecule has 1 aromatic carbocycles. The second kappa shape index (κ2) is 10.3. The second-order valence-electron chi connectivity index (χ2n) is 8.19. The lowest BCUT2D eigenvalue weighted by Gasteiger charge is -2.33. The van der Waals surface area contributed by atoms with Crippen molar-refractivity contribution in [1.29, 1.82) is 0 Å². The summed E-state index contributed by atoms with van der Waals surface area (Å²) in [6, 6.07) is 9.85. The number of benzene rings is 1. The van der Waals surface area contributed by atoms with Gasteiger partial charge in [-0.05, 0) is 43.4 Å². The van der Waals surface area contributed by atoms with Gasteiger partial charge in [0, 0.05) is 25.7 Å². The van der Waals surface area contributed by atoms with Crippen LogP contribution in [0.1, 0.15) is 39.0 Å². The van der Waals surface area contributed by atoms with Gasteiger partial charge in [0.2, 0.25) is 0 Å². The molecule has 31 heavy (non-hydrogen) atoms. The third-order valence-corrected chi connectivity index (χ3v) is 5.79. The smallest absolute Gasteiger partial charge is 0.152 e. The predicted molar refractivity (Wildman–Crippen MR) is 124 cm³/mol. The Morgan fingerprint density at radius 2 is 2.19 bits per heavy atom. The van der Waals surface area contributed by atoms with E-state index in [1.807, 2.05) is 36.5 Å². The molecule has 1 atom stereocenters. The molecule has 7 heteroatoms. The maximum atomic E-state index is 12.7. The highest BCUT2D eigenvalue weighted by molar-refractivity contribution is 5.87. The van der Waals surface area contributed by atoms with Crippen molar-refractivity contribution >= 4 is 28.3 Å². The molecule has 164 valence electrons. The van der Waals surface area contributed by atoms with Gasteiger partial charge in [-0.15, -0.1) is 0 Å². The first kappa shape index (κ1) is 21.2. The average molecular weight is 422 g/mol. The van der Waals surface area contributed by atoms with Crippen molar-refractivity contribution in [1.82, 2.24) is 15.0 Å². The number of Topliss-reactive ketones (excluding diaryl/α,β-unsaturated/α-hetero) is 1. The molecule has 2 N–H and O–H groups in total. The molecule has 7 nitrogen and oxygen atoms in total. The van der Waals surface area contributed by atoms with Crippen molar-refractivity contribution in [3.8, 4) is 5.75 Å². The fourth-order valence-electron chi connectivity index (χ4n) is 4.19. The summed E-state index contributed by atoms with van der Waals surface area (Å²) >= 11 is 0. The summed E-state index contributed by atoms with van der Waals surface area (Å²) in [5.74, 6) is 2.33. The summed E-state index contributed by atoms with van der Waals surface area (Å²) in [7, 11) is 0. The van der Waals surface area contributed by atoms with Crippen molar-refractivity contribution < 1.29 is 9.53 Å². The second-order valence-corrected chi connectivity index (χ2v) is 8.19. The van der Waals surface area contributed by atoms with E-state index in [2.05, 4.69) is 32.1 Å². The summed E-state index contributed by atoms with van der Waals surface area (Å²) in [6.45, 7) is 4.96. The Kier molecular flexibility index (Phi) is 7.02. The predicted octanol–water partition coefficient (Wildman–Crippen LogP) is 4.42. The molecular weight excluding hydrogens is 390 g/mol. The molecule has 1 saturated heterocycles. The van der Waals surface area contributed by atoms with Crippen molar-refractivity contribution in [3.05, 3.63) is 42.9 Å². The Labute approximate surface area is 183 Å². The molecule has 1 fully saturated rings. The first-order valence-corrected chi connectivity index (χ1v) is 11.2. The van der Waals surface area contributed by atoms with E-state index < -0.39 is 0 Å². The number of carbonyl (C=O) groups excluding carboxylic acids is 1. The highest BCUT2D eigenvalue weighted by Gasteiger charge is 2.24. The van der Waals surface area contributed by atoms with Crippen molar-refractivity contribution in [2.45, 2.75) is 39.0 Å². The number of hydrogen-bond donors (Lipinski definition) is 2. The standard InChI is InChI=1S/C24H31N5O2/c1-2-3-13-31-22-9-5-4-8-21(22)26-15-19(30)14-18-7-6-12-29(16-18)24-20-10-11-25-23(20)27-17-28-24/h4-5,8-11,17-18,26H,2-3,6-7,12-16H2,1H3,(H,25,27,28)/t18-/m0/s1. The van der Waals surface area contributed by atoms with E-state index in [0.29, 0.717) is 25.5 Å². The van der Waals surface area contributed by atoms with Gasteiger partial charge in [-0.25, -0.2) is 9.97 Å². The zero-order chi connectivity index (χ0) is 21.5. The number of fused-ring (bicyclic) bond motifs is 1. The number of para-hydroxylation sites is 2. The Hall–Kier alpha value is -3.09. The third kappa shape index (κ3) is 5.34. The number of nitrogens with one attached hydrogen (secondary N) is 2. The van der Waals surface area contributed by atoms with Crippen molar-refractivity contribution in [3.63, 3.8) is 0 Å². The highest BCUT2D eigenvalue weighted by Crippen LogP contribution is 2.29. The lowest BCUT2D eigenvalue weighted by atomic mass is 9.92. The number of aromatic nitrogens is 3. The van der Waals surface area contributed by atoms with Gasteiger partial charge in [0.1, 0.15) is 23.5 Å². The van der Waals surface area contributed by atoms with Crippen LogP contribution in [-0.2, 0) is 4.79 Å². The zero-order valence-corrected chi connectivity index (χ0v) is 18.1. The maximum Gasteiger partial charge on any atom is 0.152 e. The minimum Gasteiger partial charge on any atom is -0.491 e. The minimum atomic E-state index is 0.227. The van der Waals surface area contributed by atoms with Crippen LogP contribution >= 0.6 is 0 Å². The van der Waals surface area contributed by atoms with Gasteiger partial charge in [-0.1, -0.05) is 25.5 Å². The SMILES string of the molecule is CCCCOc1ccccc1NCC(=O)C[C@@H]1CCCN(c2ncnc3[nH]ccc23)C1. The third-order valence-electron chi connectivity index (χ3n) is 5.79. The number of unbranched alkanes of at least 4 members (excludes halogenated alkanes) is 1. The van der Waals surface area contributed by atoms with E-state index >= 15 is 0 Å². The van der Waals surface area contributed by atoms with E-state index in [1.165, 1.54) is 0 Å². The quantitative estimate of drug-likeness (QED) is 0.472. The fourth-order valence-corrected chi connectivity index (χ4v) is 4.19. The van der Waals surface area contributed by atoms with Gasteiger partial charge >= 0.3 is 0 Å². The Morgan fingerprint density at radius 3 is 3.10 bits per heavy atom. The molecule has 0 unspecified atom stereocenters. The molecule has 3 heterocycles. The number of piperidine rings is 1. The first-order chi connectivity index (χ1) is 15.2. The van der Waals surface area contributed by atoms with E-state index in [1.54, 1.807) is 6.33 Å². The summed E-state index contributed by atoms with van der Waals surface area (Å²) < 4.78 is 5.86. The molecular formula is C24H31N5O2. The maximum absolute atomic E-state index is 12.7. The summed E-state index contributed by atoms with van der Waals surface area (Å²) in [5, 5.41) is 4.32. The van der Waals surface area contributed by atoms with Gasteiger partial charge in [-0.3, -0.25) is 4.79 Å². The molecule has 4 rings (SSSR count). The Morgan fingerprint density at radius 1 is 1.29 bits per heavy atom. The van der Waals surface area contributed by atoms with Crippen LogP contribution in [0, 0.1) is 5.92 Å². The van der Waals surface area contributed by atoms with Gasteiger partial charge in [0.15, 0.2) is 5.78 Å². The van der Waals surface area contributed by atoms with Crippen molar-refractivity contribution in [2.75, 3.05) is 36.5 Å². The normalized spacial score (nSPS) is 16.4. The molecule has 0 aliphatic carbocycles. The first-order valence-electron chi connectivity index (χ1n) is 11.2. The van der Waals surface area contributed by atoms with Crippen LogP contribution in [0.15, 0.2) is 42.9 Å². The number of ether oxygens (including phenoxy) is 1. The topological polar surface area (TPSA) is 83.1 Å². The number of anilines is 2. The molecule has 0 amide bonds. The van der Waals surface area contributed by atoms with E-state index in [-0.39, 0.29) is 5.78 Å². The summed E-state index contributed by atoms with van der Waals surface area (Å²) in [4.78, 5) is 27.0. The molecule has 0 radical (unpaired) electrons. The fraction of sp³-hybridized carbons (Fsp3) is 0.458. The molecule has 0 saturated carbocycles. The monoisotopic (exact) mass is 421 g/mol. The molecule has 0 spiro atoms.